The summed E-state index contributed by atoms with van der Waals surface area (Å²) in [6.07, 6.45) is 9.93. The number of unbranched alkanes of at least 4 members (excludes halogenated alkanes) is 3. The molecule has 3 N–H and O–H groups in total. The van der Waals surface area contributed by atoms with Crippen molar-refractivity contribution in [3.63, 3.8) is 0 Å². The van der Waals surface area contributed by atoms with Crippen LogP contribution in [0.1, 0.15) is 72.1 Å². The maximum atomic E-state index is 12.1. The average Bonchev–Trinajstić information content (AvgIpc) is 2.88. The third kappa shape index (κ3) is 8.85. The van der Waals surface area contributed by atoms with Crippen molar-refractivity contribution >= 4 is 19.3 Å². The molecule has 28 heavy (non-hydrogen) atoms. The van der Waals surface area contributed by atoms with Gasteiger partial charge in [-0.3, -0.25) is 14.7 Å². The molecule has 1 heterocycles. The normalized spacial score (nSPS) is 23.8. The molecule has 0 radical (unpaired) electrons. The number of amides is 3. The summed E-state index contributed by atoms with van der Waals surface area (Å²) < 4.78 is 11.3. The molecule has 0 aromatic carbocycles. The number of nitrogens with one attached hydrogen (secondary N) is 1. The van der Waals surface area contributed by atoms with E-state index in [1.165, 1.54) is 13.1 Å². The summed E-state index contributed by atoms with van der Waals surface area (Å²) in [7, 11) is -2.93. The van der Waals surface area contributed by atoms with E-state index in [1.807, 2.05) is 0 Å². The summed E-state index contributed by atoms with van der Waals surface area (Å²) in [4.78, 5) is 35.0. The van der Waals surface area contributed by atoms with Crippen molar-refractivity contribution in [3.8, 4) is 0 Å². The third-order valence-electron chi connectivity index (χ3n) is 5.83. The molecule has 0 aromatic heterocycles. The number of carbonyl (C=O) groups excluding carboxylic acids is 2. The van der Waals surface area contributed by atoms with E-state index in [0.717, 1.165) is 44.9 Å². The van der Waals surface area contributed by atoms with Crippen molar-refractivity contribution in [2.75, 3.05) is 19.4 Å². The van der Waals surface area contributed by atoms with Gasteiger partial charge >= 0.3 is 35.6 Å². The predicted molar refractivity (Wildman–Crippen MR) is 106 cm³/mol. The Morgan fingerprint density at radius 3 is 2.46 bits per heavy atom. The molecule has 2 aliphatic rings. The number of nitrogens with zero attached hydrogens (tertiary/aromatic N) is 1. The summed E-state index contributed by atoms with van der Waals surface area (Å²) in [6, 6.07) is -0.806. The van der Waals surface area contributed by atoms with Gasteiger partial charge in [-0.1, -0.05) is 38.5 Å². The van der Waals surface area contributed by atoms with E-state index < -0.39 is 19.5 Å². The zero-order chi connectivity index (χ0) is 19.9. The Balaban J connectivity index is 0.00000392. The molecule has 1 aliphatic carbocycles. The van der Waals surface area contributed by atoms with Crippen LogP contribution in [0.25, 0.3) is 0 Å². The summed E-state index contributed by atoms with van der Waals surface area (Å²) in [5.74, 6) is 0.0696. The van der Waals surface area contributed by atoms with Crippen LogP contribution in [-0.2, 0) is 9.36 Å². The number of aliphatic hydroxyl groups is 1. The van der Waals surface area contributed by atoms with Crippen molar-refractivity contribution in [1.29, 1.82) is 0 Å². The van der Waals surface area contributed by atoms with Gasteiger partial charge in [0.05, 0.1) is 6.10 Å². The van der Waals surface area contributed by atoms with Gasteiger partial charge in [0, 0.05) is 19.4 Å². The summed E-state index contributed by atoms with van der Waals surface area (Å²) >= 11 is 0. The molecule has 9 heteroatoms. The van der Waals surface area contributed by atoms with Gasteiger partial charge in [-0.05, 0) is 38.0 Å². The minimum absolute atomic E-state index is 0. The molecule has 3 unspecified atom stereocenters. The van der Waals surface area contributed by atoms with Gasteiger partial charge in [0.1, 0.15) is 6.04 Å². The fraction of sp³-hybridized carbons (Fsp3) is 0.895. The molecular formula is C19H36N2NaO5P. The molecule has 0 spiro atoms. The number of urea groups is 1. The minimum Gasteiger partial charge on any atom is -1.00 e. The average molecular weight is 426 g/mol. The summed E-state index contributed by atoms with van der Waals surface area (Å²) in [5, 5.41) is 12.8. The zero-order valence-corrected chi connectivity index (χ0v) is 20.3. The molecule has 7 nitrogen and oxygen atoms in total. The monoisotopic (exact) mass is 426 g/mol. The van der Waals surface area contributed by atoms with E-state index in [4.69, 9.17) is 0 Å². The van der Waals surface area contributed by atoms with Gasteiger partial charge in [-0.15, -0.1) is 0 Å². The second-order valence-electron chi connectivity index (χ2n) is 8.24. The molecule has 2 fully saturated rings. The van der Waals surface area contributed by atoms with E-state index in [1.54, 1.807) is 4.90 Å². The third-order valence-corrected chi connectivity index (χ3v) is 6.98. The van der Waals surface area contributed by atoms with Crippen molar-refractivity contribution in [2.45, 2.75) is 82.8 Å². The van der Waals surface area contributed by atoms with Crippen LogP contribution < -0.4 is 34.9 Å². The van der Waals surface area contributed by atoms with Crippen LogP contribution >= 0.6 is 7.37 Å². The van der Waals surface area contributed by atoms with Crippen LogP contribution in [0.2, 0.25) is 0 Å². The van der Waals surface area contributed by atoms with Crippen molar-refractivity contribution in [3.05, 3.63) is 0 Å². The fourth-order valence-corrected chi connectivity index (χ4v) is 5.02. The molecule has 0 aromatic rings. The number of hydrogen-bond acceptors (Lipinski definition) is 4. The SMILES string of the molecule is CP(=O)(O)CCCCCCC1C(=O)NC(=O)N1CCC(O)C1CCCCC1.[H-].[Na+]. The van der Waals surface area contributed by atoms with Gasteiger partial charge in [-0.25, -0.2) is 4.79 Å². The van der Waals surface area contributed by atoms with Gasteiger partial charge in [-0.2, -0.15) is 0 Å². The Labute approximate surface area is 192 Å². The number of imide groups is 1. The van der Waals surface area contributed by atoms with Crippen LogP contribution in [0.4, 0.5) is 4.79 Å². The van der Waals surface area contributed by atoms with Crippen molar-refractivity contribution < 1.29 is 55.1 Å². The van der Waals surface area contributed by atoms with Crippen LogP contribution in [-0.4, -0.2) is 58.4 Å². The maximum absolute atomic E-state index is 12.1. The first-order valence-corrected chi connectivity index (χ1v) is 12.7. The summed E-state index contributed by atoms with van der Waals surface area (Å²) in [5.41, 5.74) is 0. The van der Waals surface area contributed by atoms with E-state index in [2.05, 4.69) is 5.32 Å². The summed E-state index contributed by atoms with van der Waals surface area (Å²) in [6.45, 7) is 1.78. The first kappa shape index (κ1) is 26.1. The number of aliphatic hydroxyl groups excluding tert-OH is 1. The number of rotatable bonds is 11. The topological polar surface area (TPSA) is 107 Å². The second-order valence-corrected chi connectivity index (χ2v) is 10.8. The largest absolute Gasteiger partial charge is 1.00 e. The van der Waals surface area contributed by atoms with E-state index >= 15 is 0 Å². The van der Waals surface area contributed by atoms with Crippen LogP contribution in [0, 0.1) is 5.92 Å². The first-order chi connectivity index (χ1) is 12.8. The Kier molecular flexibility index (Phi) is 11.9. The standard InChI is InChI=1S/C19H35N2O5P.Na.H/c1-27(25,26)14-8-3-2-7-11-16-18(23)20-19(24)21(16)13-12-17(22)15-9-5-4-6-10-15;;/h15-17,22H,2-14H2,1H3,(H,25,26)(H,20,23,24);;/q;+1;-1. The first-order valence-electron chi connectivity index (χ1n) is 10.4. The molecule has 1 aliphatic heterocycles. The zero-order valence-electron chi connectivity index (χ0n) is 18.4. The fourth-order valence-electron chi connectivity index (χ4n) is 4.21. The molecule has 1 saturated heterocycles. The van der Waals surface area contributed by atoms with Gasteiger partial charge in [0.15, 0.2) is 7.37 Å². The van der Waals surface area contributed by atoms with Gasteiger partial charge < -0.3 is 16.3 Å². The van der Waals surface area contributed by atoms with Crippen molar-refractivity contribution in [2.24, 2.45) is 5.92 Å². The van der Waals surface area contributed by atoms with Gasteiger partial charge in [0.25, 0.3) is 5.91 Å². The second kappa shape index (κ2) is 12.7. The van der Waals surface area contributed by atoms with Crippen LogP contribution in [0.15, 0.2) is 0 Å². The van der Waals surface area contributed by atoms with Crippen molar-refractivity contribution in [1.82, 2.24) is 10.2 Å². The Hall–Kier alpha value is 0.0900. The number of carbonyl (C=O) groups is 2. The minimum atomic E-state index is -2.93. The van der Waals surface area contributed by atoms with Crippen LogP contribution in [0.3, 0.4) is 0 Å². The van der Waals surface area contributed by atoms with Crippen LogP contribution in [0.5, 0.6) is 0 Å². The molecule has 3 amide bonds. The Morgan fingerprint density at radius 2 is 1.82 bits per heavy atom. The van der Waals surface area contributed by atoms with Gasteiger partial charge in [0.2, 0.25) is 0 Å². The smallest absolute Gasteiger partial charge is 1.00 e. The Morgan fingerprint density at radius 1 is 1.18 bits per heavy atom. The van der Waals surface area contributed by atoms with E-state index in [-0.39, 0.29) is 42.9 Å². The molecule has 158 valence electrons. The molecular weight excluding hydrogens is 390 g/mol. The maximum Gasteiger partial charge on any atom is 1.00 e. The molecule has 2 rings (SSSR count). The quantitative estimate of drug-likeness (QED) is 0.189. The Bertz CT molecular complexity index is 557. The van der Waals surface area contributed by atoms with E-state index in [0.29, 0.717) is 37.9 Å². The molecule has 3 atom stereocenters. The van der Waals surface area contributed by atoms with E-state index in [9.17, 15) is 24.2 Å². The predicted octanol–water partition coefficient (Wildman–Crippen LogP) is 0.205. The number of hydrogen-bond donors (Lipinski definition) is 3. The molecule has 0 bridgehead atoms. The molecule has 1 saturated carbocycles.